The summed E-state index contributed by atoms with van der Waals surface area (Å²) in [6.07, 6.45) is 1.24. The van der Waals surface area contributed by atoms with E-state index < -0.39 is 15.9 Å². The van der Waals surface area contributed by atoms with Gasteiger partial charge >= 0.3 is 0 Å². The fourth-order valence-corrected chi connectivity index (χ4v) is 6.44. The smallest absolute Gasteiger partial charge is 0.243 e. The first-order valence-electron chi connectivity index (χ1n) is 11.3. The number of amides is 1. The number of piperidine rings is 1. The molecule has 2 aromatic heterocycles. The predicted molar refractivity (Wildman–Crippen MR) is 135 cm³/mol. The lowest BCUT2D eigenvalue weighted by Gasteiger charge is -2.31. The van der Waals surface area contributed by atoms with Gasteiger partial charge in [0, 0.05) is 23.9 Å². The predicted octanol–water partition coefficient (Wildman–Crippen LogP) is 4.91. The van der Waals surface area contributed by atoms with Crippen molar-refractivity contribution in [2.24, 2.45) is 5.92 Å². The van der Waals surface area contributed by atoms with Gasteiger partial charge in [-0.2, -0.15) is 4.31 Å². The van der Waals surface area contributed by atoms with Crippen molar-refractivity contribution in [1.82, 2.24) is 9.29 Å². The van der Waals surface area contributed by atoms with Crippen molar-refractivity contribution >= 4 is 43.4 Å². The van der Waals surface area contributed by atoms with Crippen molar-refractivity contribution in [2.75, 3.05) is 25.5 Å². The number of para-hydroxylation sites is 1. The van der Waals surface area contributed by atoms with Gasteiger partial charge in [-0.3, -0.25) is 4.79 Å². The van der Waals surface area contributed by atoms with Crippen molar-refractivity contribution < 1.29 is 22.4 Å². The molecule has 8 nitrogen and oxygen atoms in total. The van der Waals surface area contributed by atoms with Crippen LogP contribution in [0.1, 0.15) is 18.4 Å². The second-order valence-corrected chi connectivity index (χ2v) is 11.3. The van der Waals surface area contributed by atoms with Crippen LogP contribution in [0.3, 0.4) is 0 Å². The Bertz CT molecular complexity index is 1470. The van der Waals surface area contributed by atoms with E-state index in [1.54, 1.807) is 31.4 Å². The van der Waals surface area contributed by atoms with E-state index in [0.717, 1.165) is 10.9 Å². The third-order valence-electron chi connectivity index (χ3n) is 6.13. The number of anilines is 1. The molecule has 1 aliphatic heterocycles. The van der Waals surface area contributed by atoms with E-state index in [1.165, 1.54) is 15.6 Å². The average molecular weight is 512 g/mol. The molecule has 0 aliphatic carbocycles. The molecule has 1 amide bonds. The van der Waals surface area contributed by atoms with E-state index in [2.05, 4.69) is 10.3 Å². The van der Waals surface area contributed by atoms with Crippen molar-refractivity contribution in [3.63, 3.8) is 0 Å². The number of nitrogens with one attached hydrogen (secondary N) is 1. The molecule has 0 bridgehead atoms. The van der Waals surface area contributed by atoms with Gasteiger partial charge in [-0.25, -0.2) is 13.4 Å². The van der Waals surface area contributed by atoms with E-state index in [0.29, 0.717) is 47.3 Å². The van der Waals surface area contributed by atoms with E-state index in [9.17, 15) is 13.2 Å². The Kier molecular flexibility index (Phi) is 6.35. The summed E-state index contributed by atoms with van der Waals surface area (Å²) in [6, 6.07) is 14.3. The molecule has 0 radical (unpaired) electrons. The number of hydrogen-bond donors (Lipinski definition) is 1. The summed E-state index contributed by atoms with van der Waals surface area (Å²) >= 11 is 1.29. The van der Waals surface area contributed by atoms with Gasteiger partial charge < -0.3 is 14.5 Å². The lowest BCUT2D eigenvalue weighted by molar-refractivity contribution is -0.120. The number of methoxy groups -OCH3 is 1. The summed E-state index contributed by atoms with van der Waals surface area (Å²) < 4.78 is 38.8. The van der Waals surface area contributed by atoms with Gasteiger partial charge in [0.05, 0.1) is 17.9 Å². The number of aromatic nitrogens is 1. The standard InChI is InChI=1S/C25H25N3O5S2/c1-16-8-10-19(11-9-16)35(30,31)28-12-4-6-18(14-28)24(29)27-25-26-20(15-34-25)22-13-17-5-3-7-21(32-2)23(17)33-22/h3,5,7-11,13,15,18H,4,6,12,14H2,1-2H3,(H,26,27,29). The highest BCUT2D eigenvalue weighted by atomic mass is 32.2. The summed E-state index contributed by atoms with van der Waals surface area (Å²) in [6.45, 7) is 2.45. The SMILES string of the molecule is COc1cccc2cc(-c3csc(NC(=O)C4CCCN(S(=O)(=O)c5ccc(C)cc5)C4)n3)oc12. The molecule has 1 unspecified atom stereocenters. The van der Waals surface area contributed by atoms with Crippen LogP contribution in [0, 0.1) is 12.8 Å². The minimum atomic E-state index is -3.65. The number of ether oxygens (including phenoxy) is 1. The number of aryl methyl sites for hydroxylation is 1. The monoisotopic (exact) mass is 511 g/mol. The summed E-state index contributed by atoms with van der Waals surface area (Å²) in [5, 5.41) is 6.01. The number of sulfonamides is 1. The van der Waals surface area contributed by atoms with Crippen LogP contribution >= 0.6 is 11.3 Å². The van der Waals surface area contributed by atoms with Gasteiger partial charge in [-0.05, 0) is 44.0 Å². The fourth-order valence-electron chi connectivity index (χ4n) is 4.21. The van der Waals surface area contributed by atoms with Crippen LogP contribution in [-0.2, 0) is 14.8 Å². The van der Waals surface area contributed by atoms with Gasteiger partial charge in [0.2, 0.25) is 15.9 Å². The highest BCUT2D eigenvalue weighted by Gasteiger charge is 2.33. The lowest BCUT2D eigenvalue weighted by Crippen LogP contribution is -2.43. The molecule has 1 saturated heterocycles. The maximum Gasteiger partial charge on any atom is 0.243 e. The molecule has 182 valence electrons. The Hall–Kier alpha value is -3.21. The van der Waals surface area contributed by atoms with Crippen LogP contribution in [0.2, 0.25) is 0 Å². The third kappa shape index (κ3) is 4.69. The number of rotatable bonds is 6. The highest BCUT2D eigenvalue weighted by Crippen LogP contribution is 2.34. The van der Waals surface area contributed by atoms with Crippen molar-refractivity contribution in [2.45, 2.75) is 24.7 Å². The molecule has 1 atom stereocenters. The molecule has 1 aliphatic rings. The van der Waals surface area contributed by atoms with Crippen LogP contribution in [0.5, 0.6) is 5.75 Å². The highest BCUT2D eigenvalue weighted by molar-refractivity contribution is 7.89. The lowest BCUT2D eigenvalue weighted by atomic mass is 9.99. The van der Waals surface area contributed by atoms with Crippen molar-refractivity contribution in [1.29, 1.82) is 0 Å². The Balaban J connectivity index is 1.28. The van der Waals surface area contributed by atoms with Gasteiger partial charge in [-0.15, -0.1) is 11.3 Å². The molecule has 4 aromatic rings. The van der Waals surface area contributed by atoms with Crippen LogP contribution in [0.25, 0.3) is 22.4 Å². The van der Waals surface area contributed by atoms with E-state index >= 15 is 0 Å². The number of furan rings is 1. The van der Waals surface area contributed by atoms with Gasteiger partial charge in [0.25, 0.3) is 0 Å². The maximum atomic E-state index is 13.1. The number of benzene rings is 2. The zero-order valence-corrected chi connectivity index (χ0v) is 21.0. The Morgan fingerprint density at radius 3 is 2.80 bits per heavy atom. The molecule has 5 rings (SSSR count). The second kappa shape index (κ2) is 9.44. The average Bonchev–Trinajstić information content (AvgIpc) is 3.51. The van der Waals surface area contributed by atoms with Gasteiger partial charge in [0.1, 0.15) is 5.69 Å². The number of thiazole rings is 1. The first-order valence-corrected chi connectivity index (χ1v) is 13.6. The zero-order chi connectivity index (χ0) is 24.6. The van der Waals surface area contributed by atoms with E-state index in [-0.39, 0.29) is 17.3 Å². The molecular formula is C25H25N3O5S2. The molecule has 2 aromatic carbocycles. The van der Waals surface area contributed by atoms with Crippen LogP contribution < -0.4 is 10.1 Å². The number of carbonyl (C=O) groups excluding carboxylic acids is 1. The minimum Gasteiger partial charge on any atom is -0.493 e. The minimum absolute atomic E-state index is 0.143. The summed E-state index contributed by atoms with van der Waals surface area (Å²) in [7, 11) is -2.06. The van der Waals surface area contributed by atoms with E-state index in [4.69, 9.17) is 9.15 Å². The Labute approximate surface area is 207 Å². The topological polar surface area (TPSA) is 102 Å². The van der Waals surface area contributed by atoms with Crippen LogP contribution in [-0.4, -0.2) is 43.8 Å². The third-order valence-corrected chi connectivity index (χ3v) is 8.77. The Morgan fingerprint density at radius 2 is 2.03 bits per heavy atom. The normalized spacial score (nSPS) is 16.9. The van der Waals surface area contributed by atoms with E-state index in [1.807, 2.05) is 36.6 Å². The van der Waals surface area contributed by atoms with Gasteiger partial charge in [-0.1, -0.05) is 29.8 Å². The first kappa shape index (κ1) is 23.5. The fraction of sp³-hybridized carbons (Fsp3) is 0.280. The summed E-state index contributed by atoms with van der Waals surface area (Å²) in [5.74, 6) is 0.530. The largest absolute Gasteiger partial charge is 0.493 e. The quantitative estimate of drug-likeness (QED) is 0.395. The molecule has 10 heteroatoms. The van der Waals surface area contributed by atoms with Crippen molar-refractivity contribution in [3.05, 3.63) is 59.5 Å². The molecule has 1 fully saturated rings. The molecule has 0 saturated carbocycles. The zero-order valence-electron chi connectivity index (χ0n) is 19.4. The molecule has 0 spiro atoms. The number of carbonyl (C=O) groups is 1. The van der Waals surface area contributed by atoms with Gasteiger partial charge in [0.15, 0.2) is 22.2 Å². The molecular weight excluding hydrogens is 486 g/mol. The second-order valence-electron chi connectivity index (χ2n) is 8.53. The molecule has 35 heavy (non-hydrogen) atoms. The maximum absolute atomic E-state index is 13.1. The number of hydrogen-bond acceptors (Lipinski definition) is 7. The first-order chi connectivity index (χ1) is 16.8. The Morgan fingerprint density at radius 1 is 1.23 bits per heavy atom. The number of nitrogens with zero attached hydrogens (tertiary/aromatic N) is 2. The summed E-state index contributed by atoms with van der Waals surface area (Å²) in [4.78, 5) is 17.7. The van der Waals surface area contributed by atoms with Crippen molar-refractivity contribution in [3.8, 4) is 17.2 Å². The van der Waals surface area contributed by atoms with Crippen LogP contribution in [0.15, 0.2) is 63.2 Å². The molecule has 3 heterocycles. The van der Waals surface area contributed by atoms with Crippen LogP contribution in [0.4, 0.5) is 5.13 Å². The number of fused-ring (bicyclic) bond motifs is 1. The summed E-state index contributed by atoms with van der Waals surface area (Å²) in [5.41, 5.74) is 2.24. The molecule has 1 N–H and O–H groups in total.